The molecule has 1 aliphatic rings. The largest absolute Gasteiger partial charge is 0.497 e. The summed E-state index contributed by atoms with van der Waals surface area (Å²) in [6.45, 7) is 1.98. The molecule has 1 fully saturated rings. The van der Waals surface area contributed by atoms with E-state index < -0.39 is 0 Å². The van der Waals surface area contributed by atoms with Crippen molar-refractivity contribution in [3.8, 4) is 5.75 Å². The third-order valence-corrected chi connectivity index (χ3v) is 4.19. The lowest BCUT2D eigenvalue weighted by molar-refractivity contribution is -0.128. The summed E-state index contributed by atoms with van der Waals surface area (Å²) in [6, 6.07) is 8.14. The third kappa shape index (κ3) is 4.45. The summed E-state index contributed by atoms with van der Waals surface area (Å²) < 4.78 is 10.5. The van der Waals surface area contributed by atoms with Crippen LogP contribution in [0.2, 0.25) is 0 Å². The van der Waals surface area contributed by atoms with Crippen LogP contribution < -0.4 is 10.1 Å². The number of rotatable bonds is 6. The van der Waals surface area contributed by atoms with E-state index in [9.17, 15) is 4.79 Å². The highest BCUT2D eigenvalue weighted by molar-refractivity contribution is 5.78. The molecule has 0 aromatic heterocycles. The zero-order valence-electron chi connectivity index (χ0n) is 13.7. The normalized spacial score (nSPS) is 17.3. The van der Waals surface area contributed by atoms with Crippen molar-refractivity contribution < 1.29 is 14.3 Å². The Balaban J connectivity index is 1.94. The predicted molar refractivity (Wildman–Crippen MR) is 86.0 cm³/mol. The van der Waals surface area contributed by atoms with E-state index in [4.69, 9.17) is 9.47 Å². The van der Waals surface area contributed by atoms with Crippen LogP contribution in [0.15, 0.2) is 24.3 Å². The van der Waals surface area contributed by atoms with Gasteiger partial charge in [0.05, 0.1) is 13.2 Å². The summed E-state index contributed by atoms with van der Waals surface area (Å²) in [5, 5.41) is 3.09. The number of amides is 1. The predicted octanol–water partition coefficient (Wildman–Crippen LogP) is 1.84. The second-order valence-corrected chi connectivity index (χ2v) is 5.88. The summed E-state index contributed by atoms with van der Waals surface area (Å²) in [5.74, 6) is 1.07. The highest BCUT2D eigenvalue weighted by Gasteiger charge is 2.23. The number of benzene rings is 1. The molecule has 1 heterocycles. The maximum absolute atomic E-state index is 12.3. The van der Waals surface area contributed by atoms with Crippen molar-refractivity contribution in [1.29, 1.82) is 0 Å². The number of hydrogen-bond acceptors (Lipinski definition) is 4. The number of hydrogen-bond donors (Lipinski definition) is 1. The van der Waals surface area contributed by atoms with E-state index in [-0.39, 0.29) is 17.9 Å². The molecular formula is C17H26N2O3. The minimum absolute atomic E-state index is 0.0902. The highest BCUT2D eigenvalue weighted by atomic mass is 16.5. The monoisotopic (exact) mass is 306 g/mol. The molecule has 1 aromatic rings. The van der Waals surface area contributed by atoms with Crippen LogP contribution in [0, 0.1) is 5.92 Å². The third-order valence-electron chi connectivity index (χ3n) is 4.19. The van der Waals surface area contributed by atoms with Gasteiger partial charge in [0, 0.05) is 25.7 Å². The van der Waals surface area contributed by atoms with Gasteiger partial charge in [-0.15, -0.1) is 0 Å². The zero-order chi connectivity index (χ0) is 15.9. The smallest absolute Gasteiger partial charge is 0.223 e. The van der Waals surface area contributed by atoms with Gasteiger partial charge in [0.1, 0.15) is 5.75 Å². The van der Waals surface area contributed by atoms with Gasteiger partial charge in [0.2, 0.25) is 5.91 Å². The molecule has 1 aliphatic heterocycles. The average molecular weight is 306 g/mol. The summed E-state index contributed by atoms with van der Waals surface area (Å²) >= 11 is 0. The molecule has 122 valence electrons. The Morgan fingerprint density at radius 1 is 1.32 bits per heavy atom. The van der Waals surface area contributed by atoms with E-state index >= 15 is 0 Å². The van der Waals surface area contributed by atoms with Gasteiger partial charge >= 0.3 is 0 Å². The van der Waals surface area contributed by atoms with Gasteiger partial charge in [0.25, 0.3) is 0 Å². The van der Waals surface area contributed by atoms with Crippen molar-refractivity contribution in [1.82, 2.24) is 10.2 Å². The Hall–Kier alpha value is -1.59. The molecule has 1 atom stereocenters. The maximum atomic E-state index is 12.3. The number of likely N-dealkylation sites (N-methyl/N-ethyl adjacent to an activating group) is 1. The minimum atomic E-state index is 0.0902. The Morgan fingerprint density at radius 2 is 1.95 bits per heavy atom. The number of carbonyl (C=O) groups excluding carboxylic acids is 1. The van der Waals surface area contributed by atoms with Crippen LogP contribution >= 0.6 is 0 Å². The maximum Gasteiger partial charge on any atom is 0.223 e. The summed E-state index contributed by atoms with van der Waals surface area (Å²) in [7, 11) is 5.71. The standard InChI is InChI=1S/C17H26N2O3/c1-19(2)16(13-4-6-15(21-3)7-5-13)12-18-17(20)14-8-10-22-11-9-14/h4-7,14,16H,8-12H2,1-3H3,(H,18,20). The molecule has 1 saturated heterocycles. The molecule has 0 spiro atoms. The highest BCUT2D eigenvalue weighted by Crippen LogP contribution is 2.21. The zero-order valence-corrected chi connectivity index (χ0v) is 13.7. The van der Waals surface area contributed by atoms with Crippen molar-refractivity contribution >= 4 is 5.91 Å². The van der Waals surface area contributed by atoms with Crippen molar-refractivity contribution in [3.63, 3.8) is 0 Å². The molecule has 0 bridgehead atoms. The van der Waals surface area contributed by atoms with Gasteiger partial charge in [-0.1, -0.05) is 12.1 Å². The van der Waals surface area contributed by atoms with Crippen molar-refractivity contribution in [2.75, 3.05) is 41.0 Å². The van der Waals surface area contributed by atoms with Crippen LogP contribution in [-0.4, -0.2) is 51.8 Å². The Labute approximate surface area is 132 Å². The van der Waals surface area contributed by atoms with E-state index in [0.717, 1.165) is 24.2 Å². The fourth-order valence-electron chi connectivity index (χ4n) is 2.73. The quantitative estimate of drug-likeness (QED) is 0.871. The van der Waals surface area contributed by atoms with Crippen molar-refractivity contribution in [3.05, 3.63) is 29.8 Å². The first-order valence-corrected chi connectivity index (χ1v) is 7.77. The summed E-state index contributed by atoms with van der Waals surface area (Å²) in [6.07, 6.45) is 1.64. The molecule has 0 radical (unpaired) electrons. The molecule has 0 aliphatic carbocycles. The first-order chi connectivity index (χ1) is 10.6. The molecule has 2 rings (SSSR count). The van der Waals surface area contributed by atoms with Crippen LogP contribution in [0.25, 0.3) is 0 Å². The number of nitrogens with zero attached hydrogens (tertiary/aromatic N) is 1. The molecule has 5 nitrogen and oxygen atoms in total. The van der Waals surface area contributed by atoms with E-state index in [1.54, 1.807) is 7.11 Å². The second kappa shape index (κ2) is 8.15. The average Bonchev–Trinajstić information content (AvgIpc) is 2.56. The lowest BCUT2D eigenvalue weighted by Crippen LogP contribution is -2.39. The molecule has 1 aromatic carbocycles. The Morgan fingerprint density at radius 3 is 2.50 bits per heavy atom. The van der Waals surface area contributed by atoms with Crippen LogP contribution in [0.5, 0.6) is 5.75 Å². The van der Waals surface area contributed by atoms with E-state index in [1.807, 2.05) is 38.4 Å². The second-order valence-electron chi connectivity index (χ2n) is 5.88. The number of carbonyl (C=O) groups is 1. The fourth-order valence-corrected chi connectivity index (χ4v) is 2.73. The molecule has 1 N–H and O–H groups in total. The van der Waals surface area contributed by atoms with Crippen LogP contribution in [0.3, 0.4) is 0 Å². The number of methoxy groups -OCH3 is 1. The molecule has 1 amide bonds. The van der Waals surface area contributed by atoms with Gasteiger partial charge in [-0.25, -0.2) is 0 Å². The lowest BCUT2D eigenvalue weighted by atomic mass is 9.99. The summed E-state index contributed by atoms with van der Waals surface area (Å²) in [4.78, 5) is 14.4. The van der Waals surface area contributed by atoms with Crippen LogP contribution in [0.1, 0.15) is 24.4 Å². The van der Waals surface area contributed by atoms with Gasteiger partial charge in [-0.2, -0.15) is 0 Å². The van der Waals surface area contributed by atoms with Crippen molar-refractivity contribution in [2.45, 2.75) is 18.9 Å². The van der Waals surface area contributed by atoms with E-state index in [0.29, 0.717) is 19.8 Å². The SMILES string of the molecule is COc1ccc(C(CNC(=O)C2CCOCC2)N(C)C)cc1. The fraction of sp³-hybridized carbons (Fsp3) is 0.588. The Kier molecular flexibility index (Phi) is 6.21. The first-order valence-electron chi connectivity index (χ1n) is 7.77. The Bertz CT molecular complexity index is 467. The number of nitrogens with one attached hydrogen (secondary N) is 1. The minimum Gasteiger partial charge on any atom is -0.497 e. The van der Waals surface area contributed by atoms with E-state index in [1.165, 1.54) is 0 Å². The van der Waals surface area contributed by atoms with Gasteiger partial charge in [0.15, 0.2) is 0 Å². The first kappa shape index (κ1) is 16.8. The molecule has 0 saturated carbocycles. The topological polar surface area (TPSA) is 50.8 Å². The van der Waals surface area contributed by atoms with Crippen molar-refractivity contribution in [2.24, 2.45) is 5.92 Å². The van der Waals surface area contributed by atoms with Crippen LogP contribution in [0.4, 0.5) is 0 Å². The van der Waals surface area contributed by atoms with Gasteiger partial charge in [-0.3, -0.25) is 4.79 Å². The lowest BCUT2D eigenvalue weighted by Gasteiger charge is -2.27. The summed E-state index contributed by atoms with van der Waals surface area (Å²) in [5.41, 5.74) is 1.16. The van der Waals surface area contributed by atoms with E-state index in [2.05, 4.69) is 10.2 Å². The number of ether oxygens (including phenoxy) is 2. The van der Waals surface area contributed by atoms with Gasteiger partial charge in [-0.05, 0) is 44.6 Å². The molecule has 22 heavy (non-hydrogen) atoms. The van der Waals surface area contributed by atoms with Gasteiger partial charge < -0.3 is 19.7 Å². The van der Waals surface area contributed by atoms with Crippen LogP contribution in [-0.2, 0) is 9.53 Å². The molecule has 1 unspecified atom stereocenters. The molecular weight excluding hydrogens is 280 g/mol. The molecule has 5 heteroatoms.